The molecule has 0 aromatic heterocycles. The van der Waals surface area contributed by atoms with Crippen LogP contribution in [0, 0.1) is 0 Å². The summed E-state index contributed by atoms with van der Waals surface area (Å²) in [6.45, 7) is 8.74. The number of hydrogen-bond acceptors (Lipinski definition) is 4. The second-order valence-corrected chi connectivity index (χ2v) is 7.96. The van der Waals surface area contributed by atoms with Crippen LogP contribution in [0.25, 0.3) is 0 Å². The molecule has 114 valence electrons. The number of nitrogens with one attached hydrogen (secondary N) is 1. The molecule has 0 aliphatic rings. The van der Waals surface area contributed by atoms with E-state index in [4.69, 9.17) is 4.74 Å². The zero-order valence-corrected chi connectivity index (χ0v) is 13.8. The number of ether oxygens (including phenoxy) is 1. The van der Waals surface area contributed by atoms with E-state index in [9.17, 15) is 8.42 Å². The van der Waals surface area contributed by atoms with E-state index in [1.807, 2.05) is 38.1 Å². The van der Waals surface area contributed by atoms with Crippen LogP contribution in [-0.4, -0.2) is 32.6 Å². The van der Waals surface area contributed by atoms with E-state index in [2.05, 4.69) is 5.32 Å². The molecule has 0 spiro atoms. The van der Waals surface area contributed by atoms with Crippen molar-refractivity contribution in [2.45, 2.75) is 38.5 Å². The molecule has 1 unspecified atom stereocenters. The summed E-state index contributed by atoms with van der Waals surface area (Å²) in [7, 11) is -3.19. The smallest absolute Gasteiger partial charge is 0.154 e. The predicted molar refractivity (Wildman–Crippen MR) is 83.0 cm³/mol. The Labute approximate surface area is 122 Å². The molecule has 0 aliphatic heterocycles. The molecule has 1 aromatic rings. The standard InChI is InChI=1S/C15H25NO3S/c1-6-16-14(15(3,4)20(5,17)18)12-8-10-13(11-9-12)19-7-2/h8-11,14,16H,6-7H2,1-5H3. The average Bonchev–Trinajstić information content (AvgIpc) is 2.36. The van der Waals surface area contributed by atoms with Crippen molar-refractivity contribution < 1.29 is 13.2 Å². The Kier molecular flexibility index (Phi) is 5.59. The van der Waals surface area contributed by atoms with Crippen LogP contribution in [0.15, 0.2) is 24.3 Å². The van der Waals surface area contributed by atoms with Gasteiger partial charge in [-0.15, -0.1) is 0 Å². The first-order valence-electron chi connectivity index (χ1n) is 6.89. The molecular weight excluding hydrogens is 274 g/mol. The molecule has 0 radical (unpaired) electrons. The lowest BCUT2D eigenvalue weighted by molar-refractivity contribution is 0.340. The van der Waals surface area contributed by atoms with Gasteiger partial charge in [0.1, 0.15) is 5.75 Å². The normalized spacial score (nSPS) is 14.1. The van der Waals surface area contributed by atoms with Crippen LogP contribution in [0.1, 0.15) is 39.3 Å². The Hall–Kier alpha value is -1.07. The van der Waals surface area contributed by atoms with Gasteiger partial charge in [-0.1, -0.05) is 19.1 Å². The molecule has 1 N–H and O–H groups in total. The lowest BCUT2D eigenvalue weighted by Gasteiger charge is -2.33. The summed E-state index contributed by atoms with van der Waals surface area (Å²) < 4.78 is 28.6. The van der Waals surface area contributed by atoms with Crippen molar-refractivity contribution >= 4 is 9.84 Å². The highest BCUT2D eigenvalue weighted by molar-refractivity contribution is 7.92. The number of hydrogen-bond donors (Lipinski definition) is 1. The molecule has 0 heterocycles. The van der Waals surface area contributed by atoms with Crippen molar-refractivity contribution in [2.75, 3.05) is 19.4 Å². The maximum absolute atomic E-state index is 12.0. The van der Waals surface area contributed by atoms with E-state index in [-0.39, 0.29) is 6.04 Å². The van der Waals surface area contributed by atoms with E-state index >= 15 is 0 Å². The first kappa shape index (κ1) is 17.0. The third kappa shape index (κ3) is 3.73. The van der Waals surface area contributed by atoms with Crippen molar-refractivity contribution in [1.29, 1.82) is 0 Å². The van der Waals surface area contributed by atoms with Gasteiger partial charge in [-0.25, -0.2) is 8.42 Å². The lowest BCUT2D eigenvalue weighted by atomic mass is 9.95. The Morgan fingerprint density at radius 2 is 1.75 bits per heavy atom. The van der Waals surface area contributed by atoms with Gasteiger partial charge in [0.2, 0.25) is 0 Å². The summed E-state index contributed by atoms with van der Waals surface area (Å²) in [6.07, 6.45) is 1.28. The monoisotopic (exact) mass is 299 g/mol. The Balaban J connectivity index is 3.14. The van der Waals surface area contributed by atoms with Gasteiger partial charge in [-0.3, -0.25) is 0 Å². The molecule has 0 bridgehead atoms. The molecule has 20 heavy (non-hydrogen) atoms. The maximum Gasteiger partial charge on any atom is 0.154 e. The highest BCUT2D eigenvalue weighted by atomic mass is 32.2. The Morgan fingerprint density at radius 1 is 1.20 bits per heavy atom. The molecular formula is C15H25NO3S. The van der Waals surface area contributed by atoms with Gasteiger partial charge < -0.3 is 10.1 Å². The average molecular weight is 299 g/mol. The minimum absolute atomic E-state index is 0.252. The SMILES string of the molecule is CCNC(c1ccc(OCC)cc1)C(C)(C)S(C)(=O)=O. The minimum atomic E-state index is -3.19. The molecule has 1 atom stereocenters. The molecule has 5 heteroatoms. The van der Waals surface area contributed by atoms with Crippen LogP contribution in [0.3, 0.4) is 0 Å². The molecule has 1 aromatic carbocycles. The summed E-state index contributed by atoms with van der Waals surface area (Å²) in [5.41, 5.74) is 0.950. The largest absolute Gasteiger partial charge is 0.494 e. The highest BCUT2D eigenvalue weighted by Crippen LogP contribution is 2.32. The second-order valence-electron chi connectivity index (χ2n) is 5.37. The summed E-state index contributed by atoms with van der Waals surface area (Å²) in [6, 6.07) is 7.35. The van der Waals surface area contributed by atoms with Gasteiger partial charge in [0.15, 0.2) is 9.84 Å². The lowest BCUT2D eigenvalue weighted by Crippen LogP contribution is -2.44. The van der Waals surface area contributed by atoms with Gasteiger partial charge >= 0.3 is 0 Å². The number of benzene rings is 1. The van der Waals surface area contributed by atoms with Gasteiger partial charge in [-0.2, -0.15) is 0 Å². The zero-order chi connectivity index (χ0) is 15.4. The van der Waals surface area contributed by atoms with E-state index in [0.717, 1.165) is 11.3 Å². The fraction of sp³-hybridized carbons (Fsp3) is 0.600. The first-order chi connectivity index (χ1) is 9.24. The quantitative estimate of drug-likeness (QED) is 0.840. The maximum atomic E-state index is 12.0. The topological polar surface area (TPSA) is 55.4 Å². The first-order valence-corrected chi connectivity index (χ1v) is 8.79. The molecule has 0 fully saturated rings. The van der Waals surface area contributed by atoms with Crippen LogP contribution in [0.5, 0.6) is 5.75 Å². The van der Waals surface area contributed by atoms with Crippen LogP contribution in [-0.2, 0) is 9.84 Å². The fourth-order valence-corrected chi connectivity index (χ4v) is 2.75. The van der Waals surface area contributed by atoms with Crippen molar-refractivity contribution in [1.82, 2.24) is 5.32 Å². The van der Waals surface area contributed by atoms with E-state index in [1.54, 1.807) is 13.8 Å². The van der Waals surface area contributed by atoms with Crippen molar-refractivity contribution in [3.8, 4) is 5.75 Å². The van der Waals surface area contributed by atoms with Gasteiger partial charge in [-0.05, 0) is 45.0 Å². The fourth-order valence-electron chi connectivity index (χ4n) is 2.11. The van der Waals surface area contributed by atoms with E-state index < -0.39 is 14.6 Å². The van der Waals surface area contributed by atoms with Crippen LogP contribution in [0.2, 0.25) is 0 Å². The third-order valence-electron chi connectivity index (χ3n) is 3.58. The van der Waals surface area contributed by atoms with Gasteiger partial charge in [0, 0.05) is 6.26 Å². The summed E-state index contributed by atoms with van der Waals surface area (Å²) in [5, 5.41) is 3.28. The zero-order valence-electron chi connectivity index (χ0n) is 12.9. The number of sulfone groups is 1. The van der Waals surface area contributed by atoms with E-state index in [0.29, 0.717) is 13.2 Å². The summed E-state index contributed by atoms with van der Waals surface area (Å²) in [5.74, 6) is 0.795. The van der Waals surface area contributed by atoms with Crippen LogP contribution in [0.4, 0.5) is 0 Å². The third-order valence-corrected chi connectivity index (χ3v) is 5.73. The predicted octanol–water partition coefficient (Wildman–Crippen LogP) is 2.56. The van der Waals surface area contributed by atoms with Crippen LogP contribution < -0.4 is 10.1 Å². The van der Waals surface area contributed by atoms with Gasteiger partial charge in [0.25, 0.3) is 0 Å². The number of rotatable bonds is 7. The van der Waals surface area contributed by atoms with E-state index in [1.165, 1.54) is 6.26 Å². The molecule has 0 aliphatic carbocycles. The van der Waals surface area contributed by atoms with Crippen molar-refractivity contribution in [3.63, 3.8) is 0 Å². The van der Waals surface area contributed by atoms with Crippen molar-refractivity contribution in [3.05, 3.63) is 29.8 Å². The molecule has 0 saturated heterocycles. The molecule has 0 amide bonds. The summed E-state index contributed by atoms with van der Waals surface area (Å²) in [4.78, 5) is 0. The molecule has 0 saturated carbocycles. The molecule has 4 nitrogen and oxygen atoms in total. The van der Waals surface area contributed by atoms with Crippen LogP contribution >= 0.6 is 0 Å². The molecule has 1 rings (SSSR count). The van der Waals surface area contributed by atoms with Gasteiger partial charge in [0.05, 0.1) is 17.4 Å². The highest BCUT2D eigenvalue weighted by Gasteiger charge is 2.39. The van der Waals surface area contributed by atoms with Crippen molar-refractivity contribution in [2.24, 2.45) is 0 Å². The summed E-state index contributed by atoms with van der Waals surface area (Å²) >= 11 is 0. The minimum Gasteiger partial charge on any atom is -0.494 e. The Morgan fingerprint density at radius 3 is 2.15 bits per heavy atom. The Bertz CT molecular complexity index is 521. The second kappa shape index (κ2) is 6.59.